The number of aryl methyl sites for hydroxylation is 2. The van der Waals surface area contributed by atoms with Gasteiger partial charge in [-0.25, -0.2) is 0 Å². The van der Waals surface area contributed by atoms with Crippen LogP contribution in [-0.4, -0.2) is 9.46 Å². The van der Waals surface area contributed by atoms with Gasteiger partial charge in [-0.2, -0.15) is 0 Å². The molecule has 0 aliphatic heterocycles. The largest absolute Gasteiger partial charge is 0.323 e. The number of hydrogen-bond acceptors (Lipinski definition) is 2. The molecule has 0 radical (unpaired) electrons. The third-order valence-corrected chi connectivity index (χ3v) is 5.92. The molecule has 0 spiro atoms. The minimum absolute atomic E-state index is 0.0308. The van der Waals surface area contributed by atoms with Crippen molar-refractivity contribution in [2.24, 2.45) is 5.73 Å². The van der Waals surface area contributed by atoms with Gasteiger partial charge in [-0.15, -0.1) is 0 Å². The second-order valence-corrected chi connectivity index (χ2v) is 7.64. The van der Waals surface area contributed by atoms with Gasteiger partial charge >= 0.3 is 0 Å². The summed E-state index contributed by atoms with van der Waals surface area (Å²) in [6, 6.07) is 14.5. The van der Waals surface area contributed by atoms with Gasteiger partial charge in [0.05, 0.1) is 5.25 Å². The molecule has 2 aromatic rings. The number of nitrogens with two attached hydrogens (primary N) is 1. The highest BCUT2D eigenvalue weighted by Crippen LogP contribution is 2.33. The zero-order chi connectivity index (χ0) is 15.0. The Morgan fingerprint density at radius 1 is 1.14 bits per heavy atom. The van der Waals surface area contributed by atoms with Gasteiger partial charge in [-0.1, -0.05) is 53.6 Å². The Morgan fingerprint density at radius 3 is 2.48 bits per heavy atom. The van der Waals surface area contributed by atoms with Gasteiger partial charge in [-0.3, -0.25) is 4.21 Å². The molecule has 3 heteroatoms. The third kappa shape index (κ3) is 2.94. The molecular weight excluding hydrogens is 278 g/mol. The van der Waals surface area contributed by atoms with Gasteiger partial charge < -0.3 is 5.73 Å². The van der Waals surface area contributed by atoms with Crippen molar-refractivity contribution in [3.05, 3.63) is 70.3 Å². The van der Waals surface area contributed by atoms with Crippen molar-refractivity contribution in [3.63, 3.8) is 0 Å². The molecule has 0 heterocycles. The number of benzene rings is 2. The Kier molecular flexibility index (Phi) is 3.96. The van der Waals surface area contributed by atoms with Crippen molar-refractivity contribution in [2.45, 2.75) is 37.3 Å². The fourth-order valence-electron chi connectivity index (χ4n) is 3.27. The molecule has 2 aromatic carbocycles. The fourth-order valence-corrected chi connectivity index (χ4v) is 4.82. The predicted octanol–water partition coefficient (Wildman–Crippen LogP) is 3.18. The summed E-state index contributed by atoms with van der Waals surface area (Å²) in [5.74, 6) is 0.592. The van der Waals surface area contributed by atoms with Crippen LogP contribution in [0.3, 0.4) is 0 Å². The van der Waals surface area contributed by atoms with Crippen LogP contribution in [0, 0.1) is 13.8 Å². The summed E-state index contributed by atoms with van der Waals surface area (Å²) in [6.07, 6.45) is 0.828. The van der Waals surface area contributed by atoms with Gasteiger partial charge in [-0.05, 0) is 37.0 Å². The molecule has 110 valence electrons. The summed E-state index contributed by atoms with van der Waals surface area (Å²) in [5.41, 5.74) is 12.3. The number of fused-ring (bicyclic) bond motifs is 1. The van der Waals surface area contributed by atoms with E-state index in [0.717, 1.165) is 17.5 Å². The average Bonchev–Trinajstić information content (AvgIpc) is 2.76. The zero-order valence-electron chi connectivity index (χ0n) is 12.5. The first-order valence-corrected chi connectivity index (χ1v) is 8.70. The average molecular weight is 299 g/mol. The molecule has 3 atom stereocenters. The maximum atomic E-state index is 12.7. The van der Waals surface area contributed by atoms with Crippen LogP contribution in [0.5, 0.6) is 0 Å². The van der Waals surface area contributed by atoms with E-state index < -0.39 is 10.8 Å². The van der Waals surface area contributed by atoms with E-state index in [1.54, 1.807) is 0 Å². The lowest BCUT2D eigenvalue weighted by molar-refractivity contribution is 0.646. The lowest BCUT2D eigenvalue weighted by Gasteiger charge is -2.16. The molecular formula is C18H21NOS. The van der Waals surface area contributed by atoms with Gasteiger partial charge in [0.2, 0.25) is 0 Å². The van der Waals surface area contributed by atoms with Crippen LogP contribution in [-0.2, 0) is 23.0 Å². The van der Waals surface area contributed by atoms with E-state index in [0.29, 0.717) is 5.75 Å². The minimum atomic E-state index is -0.944. The molecule has 0 saturated heterocycles. The molecule has 1 aliphatic rings. The molecule has 2 nitrogen and oxygen atoms in total. The Bertz CT molecular complexity index is 675. The highest BCUT2D eigenvalue weighted by molar-refractivity contribution is 7.84. The van der Waals surface area contributed by atoms with Crippen LogP contribution >= 0.6 is 0 Å². The zero-order valence-corrected chi connectivity index (χ0v) is 13.3. The van der Waals surface area contributed by atoms with E-state index in [4.69, 9.17) is 5.73 Å². The van der Waals surface area contributed by atoms with Crippen LogP contribution in [0.15, 0.2) is 42.5 Å². The van der Waals surface area contributed by atoms with Crippen LogP contribution in [0.25, 0.3) is 0 Å². The summed E-state index contributed by atoms with van der Waals surface area (Å²) in [6.45, 7) is 4.16. The highest BCUT2D eigenvalue weighted by atomic mass is 32.2. The Balaban J connectivity index is 1.78. The monoisotopic (exact) mass is 299 g/mol. The lowest BCUT2D eigenvalue weighted by atomic mass is 10.1. The SMILES string of the molecule is Cc1cc(C)cc(CS(=O)C2Cc3ccccc3C2N)c1. The summed E-state index contributed by atoms with van der Waals surface area (Å²) in [4.78, 5) is 0. The molecule has 2 N–H and O–H groups in total. The van der Waals surface area contributed by atoms with Crippen molar-refractivity contribution in [1.82, 2.24) is 0 Å². The Morgan fingerprint density at radius 2 is 1.81 bits per heavy atom. The third-order valence-electron chi connectivity index (χ3n) is 4.16. The maximum absolute atomic E-state index is 12.7. The van der Waals surface area contributed by atoms with Crippen molar-refractivity contribution in [2.75, 3.05) is 0 Å². The number of hydrogen-bond donors (Lipinski definition) is 1. The fraction of sp³-hybridized carbons (Fsp3) is 0.333. The summed E-state index contributed by atoms with van der Waals surface area (Å²) >= 11 is 0. The molecule has 3 unspecified atom stereocenters. The molecule has 0 aromatic heterocycles. The van der Waals surface area contributed by atoms with E-state index >= 15 is 0 Å². The van der Waals surface area contributed by atoms with Crippen LogP contribution in [0.4, 0.5) is 0 Å². The van der Waals surface area contributed by atoms with Crippen LogP contribution in [0.1, 0.15) is 33.9 Å². The molecule has 0 saturated carbocycles. The van der Waals surface area contributed by atoms with Gasteiger partial charge in [0.25, 0.3) is 0 Å². The highest BCUT2D eigenvalue weighted by Gasteiger charge is 2.33. The quantitative estimate of drug-likeness (QED) is 0.946. The van der Waals surface area contributed by atoms with Gasteiger partial charge in [0.15, 0.2) is 0 Å². The van der Waals surface area contributed by atoms with Crippen molar-refractivity contribution >= 4 is 10.8 Å². The first kappa shape index (κ1) is 14.5. The normalized spacial score (nSPS) is 22.0. The smallest absolute Gasteiger partial charge is 0.0584 e. The first-order valence-electron chi connectivity index (χ1n) is 7.32. The second kappa shape index (κ2) is 5.74. The van der Waals surface area contributed by atoms with Crippen molar-refractivity contribution in [3.8, 4) is 0 Å². The summed E-state index contributed by atoms with van der Waals surface area (Å²) < 4.78 is 12.7. The predicted molar refractivity (Wildman–Crippen MR) is 88.6 cm³/mol. The van der Waals surface area contributed by atoms with Gasteiger partial charge in [0, 0.05) is 22.6 Å². The maximum Gasteiger partial charge on any atom is 0.0584 e. The van der Waals surface area contributed by atoms with Crippen molar-refractivity contribution < 1.29 is 4.21 Å². The number of rotatable bonds is 3. The first-order chi connectivity index (χ1) is 10.0. The van der Waals surface area contributed by atoms with E-state index in [-0.39, 0.29) is 11.3 Å². The standard InChI is InChI=1S/C18H21NOS/c1-12-7-13(2)9-14(8-12)11-21(20)17-10-15-5-3-4-6-16(15)18(17)19/h3-9,17-18H,10-11,19H2,1-2H3. The van der Waals surface area contributed by atoms with Crippen LogP contribution in [0.2, 0.25) is 0 Å². The minimum Gasteiger partial charge on any atom is -0.323 e. The molecule has 0 fully saturated rings. The van der Waals surface area contributed by atoms with E-state index in [1.807, 2.05) is 12.1 Å². The van der Waals surface area contributed by atoms with Crippen LogP contribution < -0.4 is 5.73 Å². The summed E-state index contributed by atoms with van der Waals surface area (Å²) in [7, 11) is -0.944. The van der Waals surface area contributed by atoms with E-state index in [9.17, 15) is 4.21 Å². The molecule has 1 aliphatic carbocycles. The summed E-state index contributed by atoms with van der Waals surface area (Å²) in [5, 5.41) is 0.0308. The van der Waals surface area contributed by atoms with E-state index in [2.05, 4.69) is 44.2 Å². The molecule has 3 rings (SSSR count). The Labute approximate surface area is 128 Å². The molecule has 21 heavy (non-hydrogen) atoms. The van der Waals surface area contributed by atoms with Gasteiger partial charge in [0.1, 0.15) is 0 Å². The topological polar surface area (TPSA) is 43.1 Å². The molecule has 0 amide bonds. The Hall–Kier alpha value is -1.45. The second-order valence-electron chi connectivity index (χ2n) is 5.99. The van der Waals surface area contributed by atoms with Crippen molar-refractivity contribution in [1.29, 1.82) is 0 Å². The van der Waals surface area contributed by atoms with E-state index in [1.165, 1.54) is 16.7 Å². The molecule has 0 bridgehead atoms. The lowest BCUT2D eigenvalue weighted by Crippen LogP contribution is -2.27.